The van der Waals surface area contributed by atoms with Gasteiger partial charge in [0, 0.05) is 53.6 Å². The maximum atomic E-state index is 13.9. The van der Waals surface area contributed by atoms with Crippen molar-refractivity contribution in [2.24, 2.45) is 23.7 Å². The molecule has 2 N–H and O–H groups in total. The molecular formula is C33H59N5O7. The van der Waals surface area contributed by atoms with E-state index in [2.05, 4.69) is 10.6 Å². The zero-order valence-corrected chi connectivity index (χ0v) is 29.5. The molecule has 6 amide bonds. The summed E-state index contributed by atoms with van der Waals surface area (Å²) in [6.45, 7) is 13.6. The highest BCUT2D eigenvalue weighted by Gasteiger charge is 2.39. The van der Waals surface area contributed by atoms with Crippen LogP contribution in [0.25, 0.3) is 0 Å². The van der Waals surface area contributed by atoms with E-state index in [0.717, 1.165) is 6.42 Å². The van der Waals surface area contributed by atoms with E-state index < -0.39 is 30.1 Å². The summed E-state index contributed by atoms with van der Waals surface area (Å²) >= 11 is 0. The van der Waals surface area contributed by atoms with E-state index in [-0.39, 0.29) is 72.5 Å². The van der Waals surface area contributed by atoms with E-state index in [4.69, 9.17) is 4.74 Å². The third-order valence-electron chi connectivity index (χ3n) is 9.05. The fourth-order valence-corrected chi connectivity index (χ4v) is 6.05. The Labute approximate surface area is 270 Å². The molecule has 1 unspecified atom stereocenters. The van der Waals surface area contributed by atoms with Gasteiger partial charge in [-0.15, -0.1) is 0 Å². The zero-order chi connectivity index (χ0) is 34.6. The van der Waals surface area contributed by atoms with Crippen LogP contribution in [0.4, 0.5) is 0 Å². The number of hydrogen-bond acceptors (Lipinski definition) is 7. The van der Waals surface area contributed by atoms with Gasteiger partial charge in [0.05, 0.1) is 18.6 Å². The maximum Gasteiger partial charge on any atom is 0.245 e. The topological polar surface area (TPSA) is 145 Å². The van der Waals surface area contributed by atoms with E-state index in [1.54, 1.807) is 33.0 Å². The molecular weight excluding hydrogens is 578 g/mol. The van der Waals surface area contributed by atoms with Crippen molar-refractivity contribution in [3.05, 3.63) is 0 Å². The smallest absolute Gasteiger partial charge is 0.245 e. The number of hydrogen-bond donors (Lipinski definition) is 2. The van der Waals surface area contributed by atoms with Gasteiger partial charge in [0.15, 0.2) is 0 Å². The summed E-state index contributed by atoms with van der Waals surface area (Å²) in [7, 11) is 6.37. The average molecular weight is 638 g/mol. The summed E-state index contributed by atoms with van der Waals surface area (Å²) in [5.41, 5.74) is 0. The third-order valence-corrected chi connectivity index (χ3v) is 9.05. The molecule has 1 aliphatic heterocycles. The average Bonchev–Trinajstić information content (AvgIpc) is 3.23. The third kappa shape index (κ3) is 11.1. The largest absolute Gasteiger partial charge is 0.379 e. The lowest BCUT2D eigenvalue weighted by Gasteiger charge is -2.40. The van der Waals surface area contributed by atoms with Crippen LogP contribution in [-0.2, 0) is 33.5 Å². The van der Waals surface area contributed by atoms with Crippen LogP contribution in [0.3, 0.4) is 0 Å². The van der Waals surface area contributed by atoms with Crippen molar-refractivity contribution in [3.8, 4) is 0 Å². The number of unbranched alkanes of at least 4 members (excludes halogenated alkanes) is 2. The molecule has 0 aromatic heterocycles. The highest BCUT2D eigenvalue weighted by atomic mass is 16.5. The number of methoxy groups -OCH3 is 1. The van der Waals surface area contributed by atoms with Crippen LogP contribution in [0.2, 0.25) is 0 Å². The quantitative estimate of drug-likeness (QED) is 0.164. The highest BCUT2D eigenvalue weighted by molar-refractivity contribution is 6.03. The Morgan fingerprint density at radius 3 is 2.07 bits per heavy atom. The van der Waals surface area contributed by atoms with Crippen molar-refractivity contribution in [3.63, 3.8) is 0 Å². The number of rotatable bonds is 19. The lowest BCUT2D eigenvalue weighted by molar-refractivity contribution is -0.146. The molecule has 0 aliphatic carbocycles. The first kappa shape index (κ1) is 40.0. The second kappa shape index (κ2) is 18.8. The molecule has 1 aliphatic rings. The molecule has 0 saturated carbocycles. The summed E-state index contributed by atoms with van der Waals surface area (Å²) in [5, 5.41) is 5.56. The van der Waals surface area contributed by atoms with Crippen molar-refractivity contribution in [1.29, 1.82) is 0 Å². The zero-order valence-electron chi connectivity index (χ0n) is 29.5. The van der Waals surface area contributed by atoms with Gasteiger partial charge in [-0.2, -0.15) is 0 Å². The van der Waals surface area contributed by atoms with Crippen molar-refractivity contribution in [1.82, 2.24) is 25.3 Å². The monoisotopic (exact) mass is 637 g/mol. The van der Waals surface area contributed by atoms with Gasteiger partial charge in [-0.3, -0.25) is 33.7 Å². The van der Waals surface area contributed by atoms with Crippen molar-refractivity contribution < 1.29 is 33.5 Å². The van der Waals surface area contributed by atoms with E-state index in [0.29, 0.717) is 25.8 Å². The number of carbonyl (C=O) groups is 6. The van der Waals surface area contributed by atoms with E-state index in [1.807, 2.05) is 41.5 Å². The fraction of sp³-hybridized carbons (Fsp3) is 0.818. The van der Waals surface area contributed by atoms with Crippen LogP contribution in [0.5, 0.6) is 0 Å². The Bertz CT molecular complexity index is 1030. The van der Waals surface area contributed by atoms with Gasteiger partial charge in [-0.1, -0.05) is 61.3 Å². The number of carbonyl (C=O) groups excluding carboxylic acids is 6. The lowest BCUT2D eigenvalue weighted by Crippen LogP contribution is -2.60. The van der Waals surface area contributed by atoms with Gasteiger partial charge in [-0.05, 0) is 30.6 Å². The standard InChI is InChI=1S/C33H59N5O7/c1-12-22(6)30(24(45-11)19-25(39)34-8)37(10)33(44)28(20(2)3)35-31(42)29(21(4)5)36(9)26(40)16-14-13-15-17-38-27(41)18-23(7)32(38)43/h20-24,28-30H,12-19H2,1-11H3,(H,34,39)(H,35,42)/t22-,23?,24+,28-,29-,30-/m0/s1. The minimum atomic E-state index is -0.852. The first-order chi connectivity index (χ1) is 21.0. The van der Waals surface area contributed by atoms with Gasteiger partial charge >= 0.3 is 0 Å². The molecule has 1 fully saturated rings. The summed E-state index contributed by atoms with van der Waals surface area (Å²) < 4.78 is 5.70. The van der Waals surface area contributed by atoms with Gasteiger partial charge in [0.2, 0.25) is 35.4 Å². The van der Waals surface area contributed by atoms with Crippen LogP contribution in [0.1, 0.15) is 93.4 Å². The molecule has 1 saturated heterocycles. The number of imide groups is 1. The fourth-order valence-electron chi connectivity index (χ4n) is 6.05. The molecule has 0 radical (unpaired) electrons. The van der Waals surface area contributed by atoms with E-state index >= 15 is 0 Å². The van der Waals surface area contributed by atoms with Crippen LogP contribution < -0.4 is 10.6 Å². The maximum absolute atomic E-state index is 13.9. The summed E-state index contributed by atoms with van der Waals surface area (Å²) in [6, 6.07) is -2.04. The van der Waals surface area contributed by atoms with E-state index in [9.17, 15) is 28.8 Å². The second-order valence-electron chi connectivity index (χ2n) is 13.2. The SMILES string of the molecule is CC[C@H](C)[C@@H]([C@@H](CC(=O)NC)OC)N(C)C(=O)[C@@H](NC(=O)[C@H](C(C)C)N(C)C(=O)CCCCCN1C(=O)CC(C)C1=O)C(C)C. The van der Waals surface area contributed by atoms with Gasteiger partial charge in [0.1, 0.15) is 12.1 Å². The van der Waals surface area contributed by atoms with Gasteiger partial charge in [-0.25, -0.2) is 0 Å². The summed E-state index contributed by atoms with van der Waals surface area (Å²) in [4.78, 5) is 81.4. The molecule has 1 rings (SSSR count). The number of amides is 6. The minimum Gasteiger partial charge on any atom is -0.379 e. The Balaban J connectivity index is 2.94. The molecule has 0 spiro atoms. The molecule has 45 heavy (non-hydrogen) atoms. The number of nitrogens with zero attached hydrogens (tertiary/aromatic N) is 3. The Morgan fingerprint density at radius 1 is 0.978 bits per heavy atom. The van der Waals surface area contributed by atoms with Crippen molar-refractivity contribution in [2.75, 3.05) is 34.8 Å². The molecule has 0 bridgehead atoms. The highest BCUT2D eigenvalue weighted by Crippen LogP contribution is 2.24. The van der Waals surface area contributed by atoms with Crippen LogP contribution >= 0.6 is 0 Å². The normalized spacial score (nSPS) is 18.4. The van der Waals surface area contributed by atoms with Crippen LogP contribution in [0, 0.1) is 23.7 Å². The van der Waals surface area contributed by atoms with E-state index in [1.165, 1.54) is 16.9 Å². The molecule has 12 heteroatoms. The Morgan fingerprint density at radius 2 is 1.60 bits per heavy atom. The Hall–Kier alpha value is -3.02. The number of likely N-dealkylation sites (tertiary alicyclic amines) is 1. The summed E-state index contributed by atoms with van der Waals surface area (Å²) in [5.74, 6) is -2.06. The van der Waals surface area contributed by atoms with Gasteiger partial charge in [0.25, 0.3) is 0 Å². The molecule has 0 aromatic carbocycles. The minimum absolute atomic E-state index is 0.0177. The number of ether oxygens (including phenoxy) is 1. The first-order valence-corrected chi connectivity index (χ1v) is 16.4. The second-order valence-corrected chi connectivity index (χ2v) is 13.2. The predicted octanol–water partition coefficient (Wildman–Crippen LogP) is 2.59. The molecule has 6 atom stereocenters. The molecule has 258 valence electrons. The molecule has 1 heterocycles. The number of likely N-dealkylation sites (N-methyl/N-ethyl adjacent to an activating group) is 2. The molecule has 0 aromatic rings. The molecule has 12 nitrogen and oxygen atoms in total. The Kier molecular flexibility index (Phi) is 16.7. The van der Waals surface area contributed by atoms with Crippen molar-refractivity contribution in [2.45, 2.75) is 118 Å². The van der Waals surface area contributed by atoms with Crippen LogP contribution in [-0.4, -0.2) is 109 Å². The first-order valence-electron chi connectivity index (χ1n) is 16.4. The van der Waals surface area contributed by atoms with Crippen LogP contribution in [0.15, 0.2) is 0 Å². The summed E-state index contributed by atoms with van der Waals surface area (Å²) in [6.07, 6.45) is 2.63. The van der Waals surface area contributed by atoms with Crippen molar-refractivity contribution >= 4 is 35.4 Å². The van der Waals surface area contributed by atoms with Gasteiger partial charge < -0.3 is 25.2 Å². The lowest BCUT2D eigenvalue weighted by atomic mass is 9.89. The number of nitrogens with one attached hydrogen (secondary N) is 2. The predicted molar refractivity (Wildman–Crippen MR) is 173 cm³/mol.